The second-order valence-electron chi connectivity index (χ2n) is 6.40. The second kappa shape index (κ2) is 6.41. The Balaban J connectivity index is 1.89. The van der Waals surface area contributed by atoms with Gasteiger partial charge in [-0.2, -0.15) is 0 Å². The molecule has 0 bridgehead atoms. The summed E-state index contributed by atoms with van der Waals surface area (Å²) in [5, 5.41) is 1.86. The Hall–Kier alpha value is -0.990. The van der Waals surface area contributed by atoms with Gasteiger partial charge in [-0.25, -0.2) is 0 Å². The summed E-state index contributed by atoms with van der Waals surface area (Å²) in [4.78, 5) is 0. The van der Waals surface area contributed by atoms with Gasteiger partial charge in [0.25, 0.3) is 0 Å². The molecule has 3 rings (SSSR count). The molecule has 0 spiro atoms. The molecular weight excluding hydrogens is 282 g/mol. The molecule has 0 saturated heterocycles. The zero-order chi connectivity index (χ0) is 14.8. The largest absolute Gasteiger partial charge is 0.461 e. The first-order chi connectivity index (χ1) is 10.2. The maximum Gasteiger partial charge on any atom is 0.134 e. The molecule has 1 fully saturated rings. The minimum Gasteiger partial charge on any atom is -0.461 e. The van der Waals surface area contributed by atoms with E-state index in [0.29, 0.717) is 11.8 Å². The summed E-state index contributed by atoms with van der Waals surface area (Å²) in [5.41, 5.74) is 6.94. The summed E-state index contributed by atoms with van der Waals surface area (Å²) in [5.74, 6) is 2.93. The molecule has 1 aromatic carbocycles. The molecular formula is C18H24ClNO. The van der Waals surface area contributed by atoms with E-state index in [1.165, 1.54) is 32.1 Å². The first kappa shape index (κ1) is 14.9. The molecule has 21 heavy (non-hydrogen) atoms. The van der Waals surface area contributed by atoms with Crippen LogP contribution in [0, 0.1) is 11.8 Å². The summed E-state index contributed by atoms with van der Waals surface area (Å²) >= 11 is 6.07. The summed E-state index contributed by atoms with van der Waals surface area (Å²) in [7, 11) is 0. The number of hydrogen-bond acceptors (Lipinski definition) is 2. The standard InChI is InChI=1S/C18H24ClNO/c1-2-3-12-4-5-13(11-20)16(8-12)18-10-14-9-15(19)6-7-17(14)21-18/h6-7,9-10,12-13,16H,2-5,8,11,20H2,1H3. The van der Waals surface area contributed by atoms with Crippen LogP contribution in [0.15, 0.2) is 28.7 Å². The van der Waals surface area contributed by atoms with Gasteiger partial charge in [-0.1, -0.05) is 37.8 Å². The molecule has 1 aliphatic carbocycles. The van der Waals surface area contributed by atoms with Gasteiger partial charge in [0.1, 0.15) is 11.3 Å². The van der Waals surface area contributed by atoms with E-state index in [-0.39, 0.29) is 0 Å². The van der Waals surface area contributed by atoms with E-state index in [2.05, 4.69) is 13.0 Å². The molecule has 0 aliphatic heterocycles. The molecule has 1 aliphatic rings. The average Bonchev–Trinajstić information content (AvgIpc) is 2.90. The van der Waals surface area contributed by atoms with Crippen LogP contribution in [0.5, 0.6) is 0 Å². The molecule has 1 aromatic heterocycles. The lowest BCUT2D eigenvalue weighted by atomic mass is 9.72. The van der Waals surface area contributed by atoms with Crippen molar-refractivity contribution < 1.29 is 4.42 Å². The van der Waals surface area contributed by atoms with Crippen molar-refractivity contribution in [3.05, 3.63) is 35.0 Å². The Bertz CT molecular complexity index is 606. The zero-order valence-electron chi connectivity index (χ0n) is 12.6. The first-order valence-corrected chi connectivity index (χ1v) is 8.48. The zero-order valence-corrected chi connectivity index (χ0v) is 13.4. The summed E-state index contributed by atoms with van der Waals surface area (Å²) in [6, 6.07) is 8.00. The molecule has 3 heteroatoms. The molecule has 3 unspecified atom stereocenters. The van der Waals surface area contributed by atoms with Crippen molar-refractivity contribution >= 4 is 22.6 Å². The number of fused-ring (bicyclic) bond motifs is 1. The minimum absolute atomic E-state index is 0.464. The predicted octanol–water partition coefficient (Wildman–Crippen LogP) is 5.34. The minimum atomic E-state index is 0.464. The van der Waals surface area contributed by atoms with Crippen molar-refractivity contribution in [3.8, 4) is 0 Å². The number of nitrogens with two attached hydrogens (primary N) is 1. The molecule has 2 nitrogen and oxygen atoms in total. The van der Waals surface area contributed by atoms with E-state index in [0.717, 1.165) is 34.2 Å². The first-order valence-electron chi connectivity index (χ1n) is 8.10. The van der Waals surface area contributed by atoms with E-state index >= 15 is 0 Å². The molecule has 114 valence electrons. The SMILES string of the molecule is CCCC1CCC(CN)C(c2cc3cc(Cl)ccc3o2)C1. The van der Waals surface area contributed by atoms with Crippen molar-refractivity contribution in [2.24, 2.45) is 17.6 Å². The fourth-order valence-corrected chi connectivity index (χ4v) is 4.02. The van der Waals surface area contributed by atoms with Gasteiger partial charge < -0.3 is 10.2 Å². The highest BCUT2D eigenvalue weighted by molar-refractivity contribution is 6.31. The van der Waals surface area contributed by atoms with E-state index in [9.17, 15) is 0 Å². The van der Waals surface area contributed by atoms with Crippen molar-refractivity contribution in [1.82, 2.24) is 0 Å². The molecule has 1 saturated carbocycles. The monoisotopic (exact) mass is 305 g/mol. The van der Waals surface area contributed by atoms with Crippen molar-refractivity contribution in [2.45, 2.75) is 44.9 Å². The Morgan fingerprint density at radius 3 is 2.90 bits per heavy atom. The third-order valence-electron chi connectivity index (χ3n) is 4.96. The van der Waals surface area contributed by atoms with Crippen molar-refractivity contribution in [1.29, 1.82) is 0 Å². The fraction of sp³-hybridized carbons (Fsp3) is 0.556. The van der Waals surface area contributed by atoms with Gasteiger partial charge in [0.05, 0.1) is 0 Å². The topological polar surface area (TPSA) is 39.2 Å². The normalized spacial score (nSPS) is 26.3. The van der Waals surface area contributed by atoms with Gasteiger partial charge in [0.15, 0.2) is 0 Å². The number of furan rings is 1. The summed E-state index contributed by atoms with van der Waals surface area (Å²) < 4.78 is 6.11. The van der Waals surface area contributed by atoms with E-state index in [4.69, 9.17) is 21.8 Å². The molecule has 1 heterocycles. The van der Waals surface area contributed by atoms with E-state index < -0.39 is 0 Å². The summed E-state index contributed by atoms with van der Waals surface area (Å²) in [6.45, 7) is 3.02. The van der Waals surface area contributed by atoms with Gasteiger partial charge in [-0.15, -0.1) is 0 Å². The third kappa shape index (κ3) is 3.12. The molecule has 0 amide bonds. The van der Waals surface area contributed by atoms with Crippen LogP contribution in [-0.4, -0.2) is 6.54 Å². The number of rotatable bonds is 4. The molecule has 0 radical (unpaired) electrons. The van der Waals surface area contributed by atoms with Crippen LogP contribution in [0.2, 0.25) is 5.02 Å². The molecule has 2 aromatic rings. The van der Waals surface area contributed by atoms with Gasteiger partial charge in [0, 0.05) is 16.3 Å². The highest BCUT2D eigenvalue weighted by Crippen LogP contribution is 2.43. The van der Waals surface area contributed by atoms with Gasteiger partial charge >= 0.3 is 0 Å². The van der Waals surface area contributed by atoms with Crippen LogP contribution >= 0.6 is 11.6 Å². The van der Waals surface area contributed by atoms with Crippen LogP contribution in [0.1, 0.15) is 50.7 Å². The number of benzene rings is 1. The maximum absolute atomic E-state index is 6.11. The van der Waals surface area contributed by atoms with Gasteiger partial charge in [-0.05, 0) is 55.5 Å². The third-order valence-corrected chi connectivity index (χ3v) is 5.20. The van der Waals surface area contributed by atoms with Crippen LogP contribution in [0.3, 0.4) is 0 Å². The van der Waals surface area contributed by atoms with Gasteiger partial charge in [0.2, 0.25) is 0 Å². The lowest BCUT2D eigenvalue weighted by molar-refractivity contribution is 0.211. The highest BCUT2D eigenvalue weighted by Gasteiger charge is 2.32. The van der Waals surface area contributed by atoms with E-state index in [1.54, 1.807) is 0 Å². The van der Waals surface area contributed by atoms with Crippen molar-refractivity contribution in [2.75, 3.05) is 6.54 Å². The number of halogens is 1. The molecule has 2 N–H and O–H groups in total. The Labute approximate surface area is 131 Å². The lowest BCUT2D eigenvalue weighted by Crippen LogP contribution is -2.28. The van der Waals surface area contributed by atoms with Gasteiger partial charge in [-0.3, -0.25) is 0 Å². The second-order valence-corrected chi connectivity index (χ2v) is 6.84. The lowest BCUT2D eigenvalue weighted by Gasteiger charge is -2.34. The quantitative estimate of drug-likeness (QED) is 0.827. The maximum atomic E-state index is 6.11. The fourth-order valence-electron chi connectivity index (χ4n) is 3.84. The van der Waals surface area contributed by atoms with Crippen LogP contribution in [0.25, 0.3) is 11.0 Å². The number of hydrogen-bond donors (Lipinski definition) is 1. The van der Waals surface area contributed by atoms with E-state index in [1.807, 2.05) is 18.2 Å². The smallest absolute Gasteiger partial charge is 0.134 e. The Kier molecular flexibility index (Phi) is 4.56. The van der Waals surface area contributed by atoms with Crippen LogP contribution < -0.4 is 5.73 Å². The molecule has 3 atom stereocenters. The predicted molar refractivity (Wildman–Crippen MR) is 88.8 cm³/mol. The highest BCUT2D eigenvalue weighted by atomic mass is 35.5. The van der Waals surface area contributed by atoms with Crippen molar-refractivity contribution in [3.63, 3.8) is 0 Å². The van der Waals surface area contributed by atoms with Crippen LogP contribution in [0.4, 0.5) is 0 Å². The Morgan fingerprint density at radius 1 is 1.29 bits per heavy atom. The Morgan fingerprint density at radius 2 is 2.14 bits per heavy atom. The summed E-state index contributed by atoms with van der Waals surface area (Å²) in [6.07, 6.45) is 6.34. The van der Waals surface area contributed by atoms with Crippen LogP contribution in [-0.2, 0) is 0 Å². The average molecular weight is 306 g/mol.